The standard InChI is InChI=1S/C37H41BN2O6/c1-3-9-24(20-25-10-7-8-13-32(25)41)14-19-33-34-26(23-45-2)21-30-35(31(34)22-38(44)46-33)37(43)40(36(30)42)29-17-15-28(16-18-29)39-27-11-5-4-6-12-27/h4-8,10-13,15-18,20,30-31,33,35,39,41,44H,3,9,14,19,21-23H2,1-2H3/b24-20+/t30-,31+,33-,35-/m1/s1. The molecule has 46 heavy (non-hydrogen) atoms. The molecule has 0 aromatic heterocycles. The summed E-state index contributed by atoms with van der Waals surface area (Å²) in [5.74, 6) is -1.61. The van der Waals surface area contributed by atoms with Crippen molar-refractivity contribution in [2.24, 2.45) is 17.8 Å². The van der Waals surface area contributed by atoms with Crippen LogP contribution in [0.5, 0.6) is 5.75 Å². The molecule has 1 aliphatic carbocycles. The van der Waals surface area contributed by atoms with Gasteiger partial charge in [0.15, 0.2) is 0 Å². The molecule has 9 heteroatoms. The molecule has 0 bridgehead atoms. The lowest BCUT2D eigenvalue weighted by molar-refractivity contribution is -0.122. The van der Waals surface area contributed by atoms with Crippen LogP contribution in [0.3, 0.4) is 0 Å². The van der Waals surface area contributed by atoms with Crippen molar-refractivity contribution in [3.63, 3.8) is 0 Å². The first-order valence-corrected chi connectivity index (χ1v) is 16.2. The molecule has 0 unspecified atom stereocenters. The number of phenols is 1. The summed E-state index contributed by atoms with van der Waals surface area (Å²) >= 11 is 0. The molecule has 2 amide bonds. The summed E-state index contributed by atoms with van der Waals surface area (Å²) in [4.78, 5) is 29.4. The molecule has 3 aromatic carbocycles. The van der Waals surface area contributed by atoms with Crippen LogP contribution in [-0.4, -0.2) is 48.9 Å². The van der Waals surface area contributed by atoms with Gasteiger partial charge in [0.1, 0.15) is 5.75 Å². The first kappa shape index (κ1) is 31.8. The van der Waals surface area contributed by atoms with Crippen molar-refractivity contribution in [2.75, 3.05) is 23.9 Å². The van der Waals surface area contributed by atoms with E-state index in [9.17, 15) is 19.7 Å². The zero-order chi connectivity index (χ0) is 32.2. The first-order valence-electron chi connectivity index (χ1n) is 16.2. The van der Waals surface area contributed by atoms with Crippen LogP contribution in [0, 0.1) is 17.8 Å². The number of hydrogen-bond donors (Lipinski definition) is 3. The third kappa shape index (κ3) is 6.54. The summed E-state index contributed by atoms with van der Waals surface area (Å²) in [6.45, 7) is 2.46. The van der Waals surface area contributed by atoms with Crippen molar-refractivity contribution in [1.29, 1.82) is 0 Å². The molecule has 238 valence electrons. The first-order chi connectivity index (χ1) is 22.4. The van der Waals surface area contributed by atoms with Crippen LogP contribution >= 0.6 is 0 Å². The van der Waals surface area contributed by atoms with Gasteiger partial charge < -0.3 is 24.8 Å². The molecule has 3 aromatic rings. The van der Waals surface area contributed by atoms with Gasteiger partial charge >= 0.3 is 7.12 Å². The predicted molar refractivity (Wildman–Crippen MR) is 181 cm³/mol. The Morgan fingerprint density at radius 1 is 0.978 bits per heavy atom. The van der Waals surface area contributed by atoms with E-state index in [2.05, 4.69) is 12.2 Å². The van der Waals surface area contributed by atoms with E-state index in [1.165, 1.54) is 10.5 Å². The number of fused-ring (bicyclic) bond motifs is 3. The highest BCUT2D eigenvalue weighted by molar-refractivity contribution is 6.43. The number of aromatic hydroxyl groups is 1. The Balaban J connectivity index is 1.25. The number of imide groups is 1. The fourth-order valence-electron chi connectivity index (χ4n) is 7.44. The van der Waals surface area contributed by atoms with Crippen molar-refractivity contribution >= 4 is 42.1 Å². The highest BCUT2D eigenvalue weighted by Gasteiger charge is 2.57. The van der Waals surface area contributed by atoms with E-state index < -0.39 is 25.1 Å². The number of benzene rings is 3. The molecule has 2 aliphatic heterocycles. The number of nitrogens with zero attached hydrogens (tertiary/aromatic N) is 1. The maximum atomic E-state index is 14.1. The number of allylic oxidation sites excluding steroid dienone is 1. The second-order valence-corrected chi connectivity index (χ2v) is 12.4. The Bertz CT molecular complexity index is 1620. The number of carbonyl (C=O) groups excluding carboxylic acids is 2. The Morgan fingerprint density at radius 2 is 1.70 bits per heavy atom. The molecular formula is C37H41BN2O6. The Morgan fingerprint density at radius 3 is 2.41 bits per heavy atom. The maximum absolute atomic E-state index is 14.1. The zero-order valence-electron chi connectivity index (χ0n) is 26.4. The van der Waals surface area contributed by atoms with Crippen LogP contribution in [0.4, 0.5) is 17.1 Å². The highest BCUT2D eigenvalue weighted by Crippen LogP contribution is 2.51. The summed E-state index contributed by atoms with van der Waals surface area (Å²) < 4.78 is 11.8. The summed E-state index contributed by atoms with van der Waals surface area (Å²) in [5.41, 5.74) is 6.27. The van der Waals surface area contributed by atoms with Crippen molar-refractivity contribution in [2.45, 2.75) is 51.5 Å². The molecule has 0 radical (unpaired) electrons. The second-order valence-electron chi connectivity index (χ2n) is 12.4. The Hall–Kier alpha value is -4.18. The minimum Gasteiger partial charge on any atom is -0.507 e. The van der Waals surface area contributed by atoms with Gasteiger partial charge in [0.2, 0.25) is 11.8 Å². The number of phenolic OH excluding ortho intramolecular Hbond substituents is 1. The third-order valence-corrected chi connectivity index (χ3v) is 9.41. The molecule has 6 rings (SSSR count). The quantitative estimate of drug-likeness (QED) is 0.124. The SMILES string of the molecule is CCC/C(=C\c1ccccc1O)CC[C@H]1OB(O)C[C@H]2C1=C(COC)C[C@H]1C(=O)N(c3ccc(Nc4ccccc4)cc3)C(=O)[C@H]12. The number of ether oxygens (including phenoxy) is 1. The molecule has 3 aliphatic rings. The fourth-order valence-corrected chi connectivity index (χ4v) is 7.44. The number of rotatable bonds is 11. The minimum atomic E-state index is -1.04. The van der Waals surface area contributed by atoms with Gasteiger partial charge in [0.05, 0.1) is 30.2 Å². The van der Waals surface area contributed by atoms with E-state index in [-0.39, 0.29) is 29.8 Å². The van der Waals surface area contributed by atoms with Gasteiger partial charge in [0.25, 0.3) is 0 Å². The normalized spacial score (nSPS) is 23.1. The molecule has 2 saturated heterocycles. The number of para-hydroxylation sites is 2. The topological polar surface area (TPSA) is 108 Å². The molecule has 2 heterocycles. The number of anilines is 3. The van der Waals surface area contributed by atoms with E-state index in [0.717, 1.165) is 40.9 Å². The lowest BCUT2D eigenvalue weighted by Gasteiger charge is -2.43. The van der Waals surface area contributed by atoms with Crippen molar-refractivity contribution in [3.8, 4) is 5.75 Å². The van der Waals surface area contributed by atoms with Crippen molar-refractivity contribution in [3.05, 3.63) is 101 Å². The molecule has 3 N–H and O–H groups in total. The van der Waals surface area contributed by atoms with E-state index in [1.54, 1.807) is 31.4 Å². The smallest absolute Gasteiger partial charge is 0.455 e. The van der Waals surface area contributed by atoms with E-state index >= 15 is 0 Å². The largest absolute Gasteiger partial charge is 0.507 e. The van der Waals surface area contributed by atoms with E-state index in [0.29, 0.717) is 31.6 Å². The van der Waals surface area contributed by atoms with Gasteiger partial charge in [0, 0.05) is 24.0 Å². The number of carbonyl (C=O) groups is 2. The monoisotopic (exact) mass is 620 g/mol. The second kappa shape index (κ2) is 14.1. The number of methoxy groups -OCH3 is 1. The highest BCUT2D eigenvalue weighted by atomic mass is 16.5. The van der Waals surface area contributed by atoms with Gasteiger partial charge in [-0.3, -0.25) is 14.5 Å². The average molecular weight is 621 g/mol. The molecule has 0 saturated carbocycles. The van der Waals surface area contributed by atoms with Crippen molar-refractivity contribution in [1.82, 2.24) is 0 Å². The Labute approximate surface area is 270 Å². The van der Waals surface area contributed by atoms with Crippen LogP contribution in [0.25, 0.3) is 6.08 Å². The minimum absolute atomic E-state index is 0.209. The van der Waals surface area contributed by atoms with Crippen LogP contribution in [0.15, 0.2) is 95.6 Å². The number of hydrogen-bond acceptors (Lipinski definition) is 7. The summed E-state index contributed by atoms with van der Waals surface area (Å²) in [5, 5.41) is 24.6. The zero-order valence-corrected chi connectivity index (χ0v) is 26.4. The van der Waals surface area contributed by atoms with Crippen LogP contribution in [0.2, 0.25) is 6.32 Å². The van der Waals surface area contributed by atoms with Gasteiger partial charge in [-0.15, -0.1) is 0 Å². The lowest BCUT2D eigenvalue weighted by atomic mass is 9.58. The third-order valence-electron chi connectivity index (χ3n) is 9.41. The van der Waals surface area contributed by atoms with Gasteiger partial charge in [-0.25, -0.2) is 0 Å². The van der Waals surface area contributed by atoms with Gasteiger partial charge in [-0.05, 0) is 91.5 Å². The van der Waals surface area contributed by atoms with Gasteiger partial charge in [-0.2, -0.15) is 0 Å². The molecule has 2 fully saturated rings. The van der Waals surface area contributed by atoms with Crippen LogP contribution in [0.1, 0.15) is 44.6 Å². The van der Waals surface area contributed by atoms with E-state index in [1.807, 2.05) is 60.7 Å². The number of nitrogens with one attached hydrogen (secondary N) is 1. The molecule has 8 nitrogen and oxygen atoms in total. The van der Waals surface area contributed by atoms with Crippen LogP contribution < -0.4 is 10.2 Å². The summed E-state index contributed by atoms with van der Waals surface area (Å²) in [6.07, 6.45) is 5.42. The average Bonchev–Trinajstić information content (AvgIpc) is 3.30. The predicted octanol–water partition coefficient (Wildman–Crippen LogP) is 6.75. The molecule has 4 atom stereocenters. The lowest BCUT2D eigenvalue weighted by Crippen LogP contribution is -2.46. The maximum Gasteiger partial charge on any atom is 0.455 e. The molecule has 0 spiro atoms. The van der Waals surface area contributed by atoms with Crippen molar-refractivity contribution < 1.29 is 29.1 Å². The fraction of sp³-hybridized carbons (Fsp3) is 0.351. The van der Waals surface area contributed by atoms with E-state index in [4.69, 9.17) is 9.39 Å². The van der Waals surface area contributed by atoms with Gasteiger partial charge in [-0.1, -0.05) is 61.4 Å². The van der Waals surface area contributed by atoms with Crippen LogP contribution in [-0.2, 0) is 19.0 Å². The number of amides is 2. The summed E-state index contributed by atoms with van der Waals surface area (Å²) in [7, 11) is 0.591. The summed E-state index contributed by atoms with van der Waals surface area (Å²) in [6, 6.07) is 24.4. The Kier molecular flexibility index (Phi) is 9.73. The molecular weight excluding hydrogens is 579 g/mol.